The van der Waals surface area contributed by atoms with Crippen LogP contribution in [0.15, 0.2) is 6.07 Å². The van der Waals surface area contributed by atoms with Crippen molar-refractivity contribution in [3.8, 4) is 0 Å². The van der Waals surface area contributed by atoms with Gasteiger partial charge in [0.15, 0.2) is 0 Å². The average molecular weight is 304 g/mol. The first-order valence-electron chi connectivity index (χ1n) is 7.92. The first kappa shape index (κ1) is 15.1. The molecule has 0 bridgehead atoms. The molecule has 1 aliphatic heterocycles. The van der Waals surface area contributed by atoms with Gasteiger partial charge < -0.3 is 10.1 Å². The first-order chi connectivity index (χ1) is 10.1. The van der Waals surface area contributed by atoms with E-state index in [9.17, 15) is 9.59 Å². The second-order valence-electron chi connectivity index (χ2n) is 7.76. The standard InChI is InChI=1S/C17H24N2O3/c1-10(2)12-8-11-13(14(20)18-9-17(11)6-7-17)19(12)15(21)22-16(3,4)5/h8,10H,6-7,9H2,1-5H3,(H,18,20). The number of nitrogens with zero attached hydrogens (tertiary/aromatic N) is 1. The van der Waals surface area contributed by atoms with Gasteiger partial charge in [0.1, 0.15) is 11.3 Å². The summed E-state index contributed by atoms with van der Waals surface area (Å²) in [6.07, 6.45) is 1.66. The highest BCUT2D eigenvalue weighted by Crippen LogP contribution is 2.51. The van der Waals surface area contributed by atoms with Crippen molar-refractivity contribution in [2.24, 2.45) is 0 Å². The Morgan fingerprint density at radius 1 is 1.36 bits per heavy atom. The van der Waals surface area contributed by atoms with Gasteiger partial charge in [0.25, 0.3) is 5.91 Å². The molecule has 120 valence electrons. The van der Waals surface area contributed by atoms with Crippen molar-refractivity contribution in [1.29, 1.82) is 0 Å². The molecule has 5 heteroatoms. The van der Waals surface area contributed by atoms with Gasteiger partial charge in [-0.15, -0.1) is 0 Å². The molecule has 0 atom stereocenters. The molecule has 1 saturated carbocycles. The molecule has 0 saturated heterocycles. The lowest BCUT2D eigenvalue weighted by Gasteiger charge is -2.25. The van der Waals surface area contributed by atoms with Crippen LogP contribution in [0.25, 0.3) is 0 Å². The number of carbonyl (C=O) groups is 2. The summed E-state index contributed by atoms with van der Waals surface area (Å²) in [5.74, 6) is -0.0352. The summed E-state index contributed by atoms with van der Waals surface area (Å²) < 4.78 is 7.01. The Morgan fingerprint density at radius 3 is 2.50 bits per heavy atom. The van der Waals surface area contributed by atoms with E-state index >= 15 is 0 Å². The lowest BCUT2D eigenvalue weighted by molar-refractivity contribution is 0.0519. The van der Waals surface area contributed by atoms with Crippen molar-refractivity contribution in [2.75, 3.05) is 6.54 Å². The molecule has 1 spiro atoms. The van der Waals surface area contributed by atoms with Crippen LogP contribution in [-0.4, -0.2) is 28.7 Å². The maximum Gasteiger partial charge on any atom is 0.419 e. The maximum absolute atomic E-state index is 12.7. The fraction of sp³-hybridized carbons (Fsp3) is 0.647. The number of fused-ring (bicyclic) bond motifs is 2. The molecule has 5 nitrogen and oxygen atoms in total. The summed E-state index contributed by atoms with van der Waals surface area (Å²) in [7, 11) is 0. The third kappa shape index (κ3) is 2.32. The third-order valence-electron chi connectivity index (χ3n) is 4.42. The van der Waals surface area contributed by atoms with E-state index in [4.69, 9.17) is 4.74 Å². The Kier molecular flexibility index (Phi) is 3.17. The summed E-state index contributed by atoms with van der Waals surface area (Å²) in [6, 6.07) is 2.04. The van der Waals surface area contributed by atoms with Crippen molar-refractivity contribution in [1.82, 2.24) is 9.88 Å². The summed E-state index contributed by atoms with van der Waals surface area (Å²) in [5, 5.41) is 2.93. The van der Waals surface area contributed by atoms with Crippen LogP contribution in [0.5, 0.6) is 0 Å². The van der Waals surface area contributed by atoms with E-state index in [0.29, 0.717) is 12.2 Å². The molecule has 2 heterocycles. The molecule has 0 unspecified atom stereocenters. The van der Waals surface area contributed by atoms with Crippen LogP contribution >= 0.6 is 0 Å². The second kappa shape index (κ2) is 4.61. The highest BCUT2D eigenvalue weighted by molar-refractivity contribution is 6.00. The van der Waals surface area contributed by atoms with Gasteiger partial charge in [-0.3, -0.25) is 4.79 Å². The van der Waals surface area contributed by atoms with Crippen molar-refractivity contribution >= 4 is 12.0 Å². The Morgan fingerprint density at radius 2 is 2.00 bits per heavy atom. The van der Waals surface area contributed by atoms with Gasteiger partial charge in [-0.2, -0.15) is 0 Å². The Bertz CT molecular complexity index is 646. The van der Waals surface area contributed by atoms with Crippen LogP contribution in [-0.2, 0) is 10.2 Å². The monoisotopic (exact) mass is 304 g/mol. The molecular weight excluding hydrogens is 280 g/mol. The van der Waals surface area contributed by atoms with Gasteiger partial charge in [0.2, 0.25) is 0 Å². The van der Waals surface area contributed by atoms with Gasteiger partial charge in [0, 0.05) is 17.7 Å². The summed E-state index contributed by atoms with van der Waals surface area (Å²) >= 11 is 0. The van der Waals surface area contributed by atoms with E-state index in [1.54, 1.807) is 0 Å². The molecule has 1 aromatic rings. The zero-order chi connectivity index (χ0) is 16.3. The van der Waals surface area contributed by atoms with Crippen LogP contribution in [0.4, 0.5) is 4.79 Å². The SMILES string of the molecule is CC(C)c1cc2c(n1C(=O)OC(C)(C)C)C(=O)NCC21CC1. The highest BCUT2D eigenvalue weighted by atomic mass is 16.6. The number of aromatic nitrogens is 1. The Hall–Kier alpha value is -1.78. The maximum atomic E-state index is 12.7. The van der Waals surface area contributed by atoms with Gasteiger partial charge >= 0.3 is 6.09 Å². The predicted octanol–water partition coefficient (Wildman–Crippen LogP) is 3.17. The molecule has 1 aliphatic carbocycles. The Labute approximate surface area is 131 Å². The molecule has 1 amide bonds. The van der Waals surface area contributed by atoms with E-state index in [1.807, 2.05) is 40.7 Å². The number of amides is 1. The highest BCUT2D eigenvalue weighted by Gasteiger charge is 2.51. The van der Waals surface area contributed by atoms with Gasteiger partial charge in [-0.1, -0.05) is 13.8 Å². The minimum atomic E-state index is -0.592. The topological polar surface area (TPSA) is 60.3 Å². The molecule has 0 radical (unpaired) electrons. The molecule has 1 fully saturated rings. The fourth-order valence-electron chi connectivity index (χ4n) is 3.11. The van der Waals surface area contributed by atoms with Crippen molar-refractivity contribution < 1.29 is 14.3 Å². The second-order valence-corrected chi connectivity index (χ2v) is 7.76. The number of hydrogen-bond donors (Lipinski definition) is 1. The van der Waals surface area contributed by atoms with Gasteiger partial charge in [-0.25, -0.2) is 9.36 Å². The van der Waals surface area contributed by atoms with Crippen molar-refractivity contribution in [2.45, 2.75) is 64.4 Å². The molecule has 1 N–H and O–H groups in total. The quantitative estimate of drug-likeness (QED) is 0.867. The van der Waals surface area contributed by atoms with Crippen LogP contribution < -0.4 is 5.32 Å². The van der Waals surface area contributed by atoms with E-state index in [0.717, 1.165) is 24.1 Å². The third-order valence-corrected chi connectivity index (χ3v) is 4.42. The average Bonchev–Trinajstić information content (AvgIpc) is 3.01. The number of rotatable bonds is 1. The van der Waals surface area contributed by atoms with Crippen LogP contribution in [0.3, 0.4) is 0 Å². The van der Waals surface area contributed by atoms with Crippen LogP contribution in [0, 0.1) is 0 Å². The Balaban J connectivity index is 2.14. The van der Waals surface area contributed by atoms with E-state index < -0.39 is 11.7 Å². The minimum absolute atomic E-state index is 0.0418. The number of carbonyl (C=O) groups excluding carboxylic acids is 2. The minimum Gasteiger partial charge on any atom is -0.443 e. The molecule has 3 rings (SSSR count). The predicted molar refractivity (Wildman–Crippen MR) is 83.4 cm³/mol. The molecule has 0 aromatic carbocycles. The van der Waals surface area contributed by atoms with Crippen molar-refractivity contribution in [3.05, 3.63) is 23.0 Å². The lowest BCUT2D eigenvalue weighted by Crippen LogP contribution is -2.41. The molecule has 22 heavy (non-hydrogen) atoms. The first-order valence-corrected chi connectivity index (χ1v) is 7.92. The largest absolute Gasteiger partial charge is 0.443 e. The number of nitrogens with one attached hydrogen (secondary N) is 1. The summed E-state index contributed by atoms with van der Waals surface area (Å²) in [5.41, 5.74) is 1.79. The summed E-state index contributed by atoms with van der Waals surface area (Å²) in [6.45, 7) is 10.2. The van der Waals surface area contributed by atoms with Gasteiger partial charge in [0.05, 0.1) is 0 Å². The smallest absolute Gasteiger partial charge is 0.419 e. The van der Waals surface area contributed by atoms with E-state index in [-0.39, 0.29) is 17.2 Å². The van der Waals surface area contributed by atoms with Crippen LogP contribution in [0.2, 0.25) is 0 Å². The molecule has 1 aromatic heterocycles. The van der Waals surface area contributed by atoms with Gasteiger partial charge in [-0.05, 0) is 51.2 Å². The van der Waals surface area contributed by atoms with E-state index in [2.05, 4.69) is 5.32 Å². The van der Waals surface area contributed by atoms with Crippen molar-refractivity contribution in [3.63, 3.8) is 0 Å². The number of ether oxygens (including phenoxy) is 1. The normalized spacial score (nSPS) is 19.1. The zero-order valence-corrected chi connectivity index (χ0v) is 13.9. The molecule has 2 aliphatic rings. The molecular formula is C17H24N2O3. The van der Waals surface area contributed by atoms with E-state index in [1.165, 1.54) is 4.57 Å². The summed E-state index contributed by atoms with van der Waals surface area (Å²) in [4.78, 5) is 25.0. The fourth-order valence-corrected chi connectivity index (χ4v) is 3.11. The zero-order valence-electron chi connectivity index (χ0n) is 13.9. The number of hydrogen-bond acceptors (Lipinski definition) is 3. The lowest BCUT2D eigenvalue weighted by atomic mass is 9.92. The van der Waals surface area contributed by atoms with Crippen LogP contribution in [0.1, 0.15) is 75.1 Å².